The first-order chi connectivity index (χ1) is 12.9. The summed E-state index contributed by atoms with van der Waals surface area (Å²) in [6.45, 7) is 0. The van der Waals surface area contributed by atoms with Crippen molar-refractivity contribution in [3.05, 3.63) is 43.0 Å². The predicted octanol–water partition coefficient (Wildman–Crippen LogP) is 4.07. The van der Waals surface area contributed by atoms with Crippen molar-refractivity contribution in [1.29, 1.82) is 0 Å². The van der Waals surface area contributed by atoms with E-state index in [0.717, 1.165) is 22.4 Å². The van der Waals surface area contributed by atoms with Crippen molar-refractivity contribution in [3.8, 4) is 0 Å². The minimum atomic E-state index is 0.475. The molecule has 9 heteroatoms. The number of carbonyl (C=O) groups is 2. The Morgan fingerprint density at radius 3 is 1.70 bits per heavy atom. The molecule has 0 bridgehead atoms. The molecular weight excluding hydrogens is 484 g/mol. The van der Waals surface area contributed by atoms with Crippen LogP contribution in [0.15, 0.2) is 43.0 Å². The van der Waals surface area contributed by atoms with Gasteiger partial charge in [-0.25, -0.2) is 0 Å². The summed E-state index contributed by atoms with van der Waals surface area (Å²) in [5.74, 6) is 0. The number of rotatable bonds is 3. The van der Waals surface area contributed by atoms with E-state index in [2.05, 4.69) is 58.5 Å². The van der Waals surface area contributed by atoms with Crippen LogP contribution in [0.3, 0.4) is 0 Å². The highest BCUT2D eigenvalue weighted by Gasteiger charge is 2.34. The maximum atomic E-state index is 10.5. The van der Waals surface area contributed by atoms with Gasteiger partial charge in [-0.15, -0.1) is 35.3 Å². The minimum absolute atomic E-state index is 0.475. The molecule has 4 aliphatic heterocycles. The molecule has 1 N–H and O–H groups in total. The van der Waals surface area contributed by atoms with Gasteiger partial charge >= 0.3 is 0 Å². The van der Waals surface area contributed by atoms with Gasteiger partial charge in [0, 0.05) is 48.7 Å². The predicted molar refractivity (Wildman–Crippen MR) is 128 cm³/mol. The summed E-state index contributed by atoms with van der Waals surface area (Å²) in [4.78, 5) is 24.8. The van der Waals surface area contributed by atoms with Gasteiger partial charge in [-0.05, 0) is 42.2 Å². The van der Waals surface area contributed by atoms with E-state index in [1.54, 1.807) is 35.3 Å². The number of hydrogen-bond acceptors (Lipinski definition) is 8. The molecule has 4 aliphatic rings. The molecule has 148 valence electrons. The Labute approximate surface area is 186 Å². The van der Waals surface area contributed by atoms with E-state index < -0.39 is 0 Å². The van der Waals surface area contributed by atoms with Gasteiger partial charge in [-0.1, -0.05) is 23.9 Å². The molecular formula is C18H23BrN2O2S4. The highest BCUT2D eigenvalue weighted by atomic mass is 79.9. The number of carbonyl (C=O) groups excluding carboxylic acids is 2. The van der Waals surface area contributed by atoms with E-state index in [1.807, 2.05) is 31.9 Å². The molecule has 0 radical (unpaired) electrons. The lowest BCUT2D eigenvalue weighted by Gasteiger charge is -2.12. The highest BCUT2D eigenvalue weighted by Crippen LogP contribution is 2.48. The molecule has 4 atom stereocenters. The van der Waals surface area contributed by atoms with Crippen LogP contribution in [0.2, 0.25) is 0 Å². The van der Waals surface area contributed by atoms with Gasteiger partial charge in [0.2, 0.25) is 0 Å². The van der Waals surface area contributed by atoms with E-state index in [9.17, 15) is 9.59 Å². The summed E-state index contributed by atoms with van der Waals surface area (Å²) in [6.07, 6.45) is 10.4. The zero-order chi connectivity index (χ0) is 20.0. The second-order valence-corrected chi connectivity index (χ2v) is 12.4. The number of nitrogens with zero attached hydrogens (tertiary/aromatic N) is 1. The summed E-state index contributed by atoms with van der Waals surface area (Å²) in [5.41, 5.74) is 0. The third kappa shape index (κ3) is 6.47. The number of thioether (sulfide) groups is 4. The molecule has 0 aliphatic carbocycles. The molecule has 4 unspecified atom stereocenters. The SMILES string of the molecule is CN(C)C1=CC2SC(C=O)=CC2S1.CNC.O=CC1=CC2SC(Br)=CC2S1. The molecule has 0 fully saturated rings. The van der Waals surface area contributed by atoms with E-state index in [1.165, 1.54) is 8.84 Å². The molecule has 0 aromatic carbocycles. The smallest absolute Gasteiger partial charge is 0.156 e. The molecule has 0 amide bonds. The maximum absolute atomic E-state index is 10.5. The summed E-state index contributed by atoms with van der Waals surface area (Å²) >= 11 is 10.4. The number of nitrogens with one attached hydrogen (secondary N) is 1. The highest BCUT2D eigenvalue weighted by molar-refractivity contribution is 9.14. The molecule has 0 spiro atoms. The molecule has 0 saturated carbocycles. The van der Waals surface area contributed by atoms with Gasteiger partial charge in [-0.3, -0.25) is 9.59 Å². The molecule has 4 nitrogen and oxygen atoms in total. The van der Waals surface area contributed by atoms with Crippen LogP contribution in [-0.4, -0.2) is 66.7 Å². The Hall–Kier alpha value is -0.0600. The van der Waals surface area contributed by atoms with Crippen LogP contribution >= 0.6 is 63.0 Å². The van der Waals surface area contributed by atoms with Crippen molar-refractivity contribution in [2.24, 2.45) is 0 Å². The number of aldehydes is 2. The molecule has 4 heterocycles. The first kappa shape index (κ1) is 23.2. The van der Waals surface area contributed by atoms with Crippen molar-refractivity contribution in [2.75, 3.05) is 28.2 Å². The monoisotopic (exact) mass is 506 g/mol. The van der Waals surface area contributed by atoms with Crippen molar-refractivity contribution in [1.82, 2.24) is 10.2 Å². The first-order valence-electron chi connectivity index (χ1n) is 8.27. The number of allylic oxidation sites excluding steroid dienone is 2. The fourth-order valence-corrected chi connectivity index (χ4v) is 8.70. The summed E-state index contributed by atoms with van der Waals surface area (Å²) < 4.78 is 1.20. The van der Waals surface area contributed by atoms with Crippen LogP contribution in [0.25, 0.3) is 0 Å². The second-order valence-electron chi connectivity index (χ2n) is 6.07. The lowest BCUT2D eigenvalue weighted by molar-refractivity contribution is -0.105. The average molecular weight is 508 g/mol. The topological polar surface area (TPSA) is 49.4 Å². The van der Waals surface area contributed by atoms with Crippen molar-refractivity contribution < 1.29 is 9.59 Å². The molecule has 27 heavy (non-hydrogen) atoms. The van der Waals surface area contributed by atoms with Crippen molar-refractivity contribution >= 4 is 75.5 Å². The Bertz CT molecular complexity index is 691. The Kier molecular flexibility index (Phi) is 9.64. The van der Waals surface area contributed by atoms with Crippen LogP contribution < -0.4 is 5.32 Å². The van der Waals surface area contributed by atoms with Gasteiger partial charge in [0.1, 0.15) is 0 Å². The van der Waals surface area contributed by atoms with Crippen LogP contribution in [-0.2, 0) is 9.59 Å². The number of hydrogen-bond donors (Lipinski definition) is 1. The van der Waals surface area contributed by atoms with Crippen molar-refractivity contribution in [2.45, 2.75) is 21.0 Å². The Morgan fingerprint density at radius 1 is 0.852 bits per heavy atom. The Balaban J connectivity index is 0.000000171. The minimum Gasteiger partial charge on any atom is -0.373 e. The zero-order valence-electron chi connectivity index (χ0n) is 15.5. The quantitative estimate of drug-likeness (QED) is 0.574. The maximum Gasteiger partial charge on any atom is 0.156 e. The van der Waals surface area contributed by atoms with Gasteiger partial charge in [0.25, 0.3) is 0 Å². The fourth-order valence-electron chi connectivity index (χ4n) is 2.51. The van der Waals surface area contributed by atoms with Gasteiger partial charge < -0.3 is 10.2 Å². The second kappa shape index (κ2) is 11.2. The van der Waals surface area contributed by atoms with E-state index >= 15 is 0 Å². The van der Waals surface area contributed by atoms with E-state index in [0.29, 0.717) is 21.0 Å². The first-order valence-corrected chi connectivity index (χ1v) is 12.6. The summed E-state index contributed by atoms with van der Waals surface area (Å²) in [6, 6.07) is 0. The standard InChI is InChI=1S/C9H11NOS2.C7H5BrOS2.C2H7N/c1-10(2)9-4-8-7(13-9)3-6(5-11)12-8;8-7-2-6-5(11-7)1-4(3-9)10-6;1-3-2/h3-5,7-8H,1-2H3;1-3,5-6H;3H,1-2H3. The molecule has 4 rings (SSSR count). The van der Waals surface area contributed by atoms with Crippen molar-refractivity contribution in [3.63, 3.8) is 0 Å². The Morgan fingerprint density at radius 2 is 1.30 bits per heavy atom. The number of halogens is 1. The van der Waals surface area contributed by atoms with E-state index in [4.69, 9.17) is 0 Å². The average Bonchev–Trinajstić information content (AvgIpc) is 3.33. The summed E-state index contributed by atoms with van der Waals surface area (Å²) in [7, 11) is 7.85. The molecule has 0 aromatic rings. The normalized spacial score (nSPS) is 29.7. The van der Waals surface area contributed by atoms with Crippen LogP contribution in [0.1, 0.15) is 0 Å². The fraction of sp³-hybridized carbons (Fsp3) is 0.444. The van der Waals surface area contributed by atoms with Crippen LogP contribution in [0, 0.1) is 0 Å². The number of fused-ring (bicyclic) bond motifs is 2. The third-order valence-corrected chi connectivity index (χ3v) is 9.72. The lowest BCUT2D eigenvalue weighted by atomic mass is 10.3. The molecule has 0 saturated heterocycles. The van der Waals surface area contributed by atoms with Crippen LogP contribution in [0.5, 0.6) is 0 Å². The third-order valence-electron chi connectivity index (χ3n) is 3.63. The molecule has 0 aromatic heterocycles. The largest absolute Gasteiger partial charge is 0.373 e. The summed E-state index contributed by atoms with van der Waals surface area (Å²) in [5, 5.41) is 5.97. The lowest BCUT2D eigenvalue weighted by Crippen LogP contribution is -2.07. The van der Waals surface area contributed by atoms with Gasteiger partial charge in [-0.2, -0.15) is 0 Å². The van der Waals surface area contributed by atoms with Crippen LogP contribution in [0.4, 0.5) is 0 Å². The van der Waals surface area contributed by atoms with Gasteiger partial charge in [0.05, 0.1) is 5.03 Å². The zero-order valence-corrected chi connectivity index (χ0v) is 20.4. The van der Waals surface area contributed by atoms with Gasteiger partial charge in [0.15, 0.2) is 12.6 Å². The van der Waals surface area contributed by atoms with E-state index in [-0.39, 0.29) is 0 Å².